The highest BCUT2D eigenvalue weighted by molar-refractivity contribution is 5.43. The van der Waals surface area contributed by atoms with Crippen molar-refractivity contribution in [3.8, 4) is 11.5 Å². The van der Waals surface area contributed by atoms with Gasteiger partial charge in [0.1, 0.15) is 0 Å². The number of hydrogen-bond acceptors (Lipinski definition) is 5. The largest absolute Gasteiger partial charge is 0.493 e. The van der Waals surface area contributed by atoms with Gasteiger partial charge in [0.25, 0.3) is 0 Å². The van der Waals surface area contributed by atoms with Gasteiger partial charge in [-0.3, -0.25) is 0 Å². The topological polar surface area (TPSA) is 43.0 Å². The predicted molar refractivity (Wildman–Crippen MR) is 85.3 cm³/mol. The summed E-state index contributed by atoms with van der Waals surface area (Å²) in [5.74, 6) is 1.52. The summed E-state index contributed by atoms with van der Waals surface area (Å²) in [5.41, 5.74) is 1.19. The molecule has 5 nitrogen and oxygen atoms in total. The van der Waals surface area contributed by atoms with E-state index in [4.69, 9.17) is 14.2 Å². The first-order chi connectivity index (χ1) is 10.2. The maximum absolute atomic E-state index is 5.37. The van der Waals surface area contributed by atoms with Crippen molar-refractivity contribution in [1.29, 1.82) is 0 Å². The number of ether oxygens (including phenoxy) is 3. The number of rotatable bonds is 10. The lowest BCUT2D eigenvalue weighted by molar-refractivity contribution is 0.176. The Morgan fingerprint density at radius 1 is 1.14 bits per heavy atom. The molecular formula is C16H28N2O3. The summed E-state index contributed by atoms with van der Waals surface area (Å²) < 4.78 is 15.7. The van der Waals surface area contributed by atoms with Crippen LogP contribution in [0.2, 0.25) is 0 Å². The highest BCUT2D eigenvalue weighted by atomic mass is 16.5. The van der Waals surface area contributed by atoms with E-state index >= 15 is 0 Å². The molecule has 0 saturated heterocycles. The quantitative estimate of drug-likeness (QED) is 0.668. The van der Waals surface area contributed by atoms with Crippen LogP contribution in [0, 0.1) is 0 Å². The van der Waals surface area contributed by atoms with Gasteiger partial charge in [-0.15, -0.1) is 0 Å². The normalized spacial score (nSPS) is 12.5. The van der Waals surface area contributed by atoms with Gasteiger partial charge in [0.05, 0.1) is 14.2 Å². The minimum Gasteiger partial charge on any atom is -0.493 e. The van der Waals surface area contributed by atoms with E-state index in [1.165, 1.54) is 5.56 Å². The Morgan fingerprint density at radius 2 is 1.86 bits per heavy atom. The molecule has 1 atom stereocenters. The third kappa shape index (κ3) is 5.53. The van der Waals surface area contributed by atoms with Crippen molar-refractivity contribution in [2.24, 2.45) is 0 Å². The van der Waals surface area contributed by atoms with Gasteiger partial charge in [-0.05, 0) is 38.2 Å². The molecule has 0 aliphatic carbocycles. The van der Waals surface area contributed by atoms with Crippen molar-refractivity contribution in [3.63, 3.8) is 0 Å². The van der Waals surface area contributed by atoms with Crippen molar-refractivity contribution < 1.29 is 14.2 Å². The van der Waals surface area contributed by atoms with Crippen molar-refractivity contribution in [2.45, 2.75) is 12.5 Å². The fourth-order valence-electron chi connectivity index (χ4n) is 2.31. The minimum atomic E-state index is 0.248. The molecule has 1 aromatic carbocycles. The van der Waals surface area contributed by atoms with Gasteiger partial charge < -0.3 is 24.4 Å². The molecule has 120 valence electrons. The summed E-state index contributed by atoms with van der Waals surface area (Å²) in [6.07, 6.45) is 1.04. The zero-order valence-electron chi connectivity index (χ0n) is 13.8. The van der Waals surface area contributed by atoms with E-state index in [0.29, 0.717) is 0 Å². The lowest BCUT2D eigenvalue weighted by atomic mass is 10.1. The van der Waals surface area contributed by atoms with Crippen LogP contribution >= 0.6 is 0 Å². The number of likely N-dealkylation sites (N-methyl/N-ethyl adjacent to an activating group) is 2. The highest BCUT2D eigenvalue weighted by Crippen LogP contribution is 2.30. The van der Waals surface area contributed by atoms with Gasteiger partial charge >= 0.3 is 0 Å². The third-order valence-corrected chi connectivity index (χ3v) is 3.54. The molecule has 1 unspecified atom stereocenters. The monoisotopic (exact) mass is 296 g/mol. The molecule has 0 aromatic heterocycles. The van der Waals surface area contributed by atoms with Crippen LogP contribution in [0.3, 0.4) is 0 Å². The zero-order chi connectivity index (χ0) is 15.7. The summed E-state index contributed by atoms with van der Waals surface area (Å²) in [7, 11) is 9.15. The predicted octanol–water partition coefficient (Wildman–Crippen LogP) is 1.93. The molecule has 0 aliphatic heterocycles. The Balaban J connectivity index is 2.71. The molecule has 0 heterocycles. The Kier molecular flexibility index (Phi) is 8.12. The SMILES string of the molecule is CNC(CN(C)CCCOC)c1ccc(OC)c(OC)c1. The lowest BCUT2D eigenvalue weighted by Crippen LogP contribution is -2.32. The number of nitrogens with zero attached hydrogens (tertiary/aromatic N) is 1. The molecule has 1 N–H and O–H groups in total. The lowest BCUT2D eigenvalue weighted by Gasteiger charge is -2.24. The van der Waals surface area contributed by atoms with Crippen molar-refractivity contribution >= 4 is 0 Å². The number of hydrogen-bond donors (Lipinski definition) is 1. The fourth-order valence-corrected chi connectivity index (χ4v) is 2.31. The number of benzene rings is 1. The number of nitrogens with one attached hydrogen (secondary N) is 1. The zero-order valence-corrected chi connectivity index (χ0v) is 13.8. The van der Waals surface area contributed by atoms with Crippen LogP contribution in [0.5, 0.6) is 11.5 Å². The first-order valence-corrected chi connectivity index (χ1v) is 7.22. The summed E-state index contributed by atoms with van der Waals surface area (Å²) in [6, 6.07) is 6.30. The van der Waals surface area contributed by atoms with E-state index in [1.807, 2.05) is 19.2 Å². The average Bonchev–Trinajstić information content (AvgIpc) is 2.52. The fraction of sp³-hybridized carbons (Fsp3) is 0.625. The molecule has 21 heavy (non-hydrogen) atoms. The molecular weight excluding hydrogens is 268 g/mol. The number of methoxy groups -OCH3 is 3. The molecule has 1 aromatic rings. The van der Waals surface area contributed by atoms with E-state index in [2.05, 4.69) is 23.3 Å². The Labute approximate surface area is 128 Å². The van der Waals surface area contributed by atoms with Crippen molar-refractivity contribution in [3.05, 3.63) is 23.8 Å². The van der Waals surface area contributed by atoms with Crippen LogP contribution in [0.15, 0.2) is 18.2 Å². The maximum Gasteiger partial charge on any atom is 0.161 e. The van der Waals surface area contributed by atoms with Crippen molar-refractivity contribution in [1.82, 2.24) is 10.2 Å². The van der Waals surface area contributed by atoms with E-state index in [-0.39, 0.29) is 6.04 Å². The first-order valence-electron chi connectivity index (χ1n) is 7.22. The Bertz CT molecular complexity index is 413. The van der Waals surface area contributed by atoms with E-state index in [0.717, 1.165) is 37.6 Å². The van der Waals surface area contributed by atoms with Crippen molar-refractivity contribution in [2.75, 3.05) is 55.1 Å². The Morgan fingerprint density at radius 3 is 2.43 bits per heavy atom. The summed E-state index contributed by atoms with van der Waals surface area (Å²) in [6.45, 7) is 2.74. The summed E-state index contributed by atoms with van der Waals surface area (Å²) in [4.78, 5) is 2.30. The average molecular weight is 296 g/mol. The second kappa shape index (κ2) is 9.60. The van der Waals surface area contributed by atoms with Gasteiger partial charge in [-0.2, -0.15) is 0 Å². The minimum absolute atomic E-state index is 0.248. The van der Waals surface area contributed by atoms with Crippen LogP contribution in [0.1, 0.15) is 18.0 Å². The standard InChI is InChI=1S/C16H28N2O3/c1-17-14(12-18(2)9-6-10-19-3)13-7-8-15(20-4)16(11-13)21-5/h7-8,11,14,17H,6,9-10,12H2,1-5H3. The second-order valence-corrected chi connectivity index (χ2v) is 5.06. The van der Waals surface area contributed by atoms with E-state index < -0.39 is 0 Å². The smallest absolute Gasteiger partial charge is 0.161 e. The molecule has 0 spiro atoms. The van der Waals surface area contributed by atoms with Gasteiger partial charge in [0.2, 0.25) is 0 Å². The molecule has 0 fully saturated rings. The van der Waals surface area contributed by atoms with Gasteiger partial charge in [0.15, 0.2) is 11.5 Å². The molecule has 0 saturated carbocycles. The van der Waals surface area contributed by atoms with Gasteiger partial charge in [0, 0.05) is 32.8 Å². The summed E-state index contributed by atoms with van der Waals surface area (Å²) >= 11 is 0. The van der Waals surface area contributed by atoms with Gasteiger partial charge in [-0.25, -0.2) is 0 Å². The molecule has 0 radical (unpaired) electrons. The van der Waals surface area contributed by atoms with E-state index in [9.17, 15) is 0 Å². The molecule has 1 rings (SSSR count). The molecule has 0 amide bonds. The van der Waals surface area contributed by atoms with Crippen LogP contribution in [-0.2, 0) is 4.74 Å². The molecule has 5 heteroatoms. The van der Waals surface area contributed by atoms with E-state index in [1.54, 1.807) is 21.3 Å². The Hall–Kier alpha value is -1.30. The van der Waals surface area contributed by atoms with Crippen LogP contribution in [0.4, 0.5) is 0 Å². The molecule has 0 bridgehead atoms. The highest BCUT2D eigenvalue weighted by Gasteiger charge is 2.14. The third-order valence-electron chi connectivity index (χ3n) is 3.54. The van der Waals surface area contributed by atoms with Crippen LogP contribution in [-0.4, -0.2) is 60.0 Å². The second-order valence-electron chi connectivity index (χ2n) is 5.06. The maximum atomic E-state index is 5.37. The first kappa shape index (κ1) is 17.8. The summed E-state index contributed by atoms with van der Waals surface area (Å²) in [5, 5.41) is 3.36. The molecule has 0 aliphatic rings. The van der Waals surface area contributed by atoms with Crippen LogP contribution < -0.4 is 14.8 Å². The van der Waals surface area contributed by atoms with Crippen LogP contribution in [0.25, 0.3) is 0 Å². The van der Waals surface area contributed by atoms with Gasteiger partial charge in [-0.1, -0.05) is 6.07 Å².